The molecule has 6 nitrogen and oxygen atoms in total. The van der Waals surface area contributed by atoms with Gasteiger partial charge in [-0.25, -0.2) is 0 Å². The predicted octanol–water partition coefficient (Wildman–Crippen LogP) is 3.14. The fourth-order valence-electron chi connectivity index (χ4n) is 3.44. The number of hydrogen-bond acceptors (Lipinski definition) is 5. The topological polar surface area (TPSA) is 67.0 Å². The van der Waals surface area contributed by atoms with Crippen molar-refractivity contribution in [3.63, 3.8) is 0 Å². The minimum atomic E-state index is 0.338. The van der Waals surface area contributed by atoms with Gasteiger partial charge in [-0.15, -0.1) is 15.0 Å². The highest BCUT2D eigenvalue weighted by Crippen LogP contribution is 2.31. The number of anilines is 1. The van der Waals surface area contributed by atoms with Crippen LogP contribution in [0.25, 0.3) is 5.69 Å². The number of ether oxygens (including phenoxy) is 1. The number of aromatic nitrogens is 3. The summed E-state index contributed by atoms with van der Waals surface area (Å²) in [5, 5.41) is 18.5. The molecule has 26 heavy (non-hydrogen) atoms. The summed E-state index contributed by atoms with van der Waals surface area (Å²) in [5.74, 6) is 1.75. The van der Waals surface area contributed by atoms with Crippen LogP contribution >= 0.6 is 0 Å². The van der Waals surface area contributed by atoms with E-state index in [9.17, 15) is 5.26 Å². The zero-order valence-corrected chi connectivity index (χ0v) is 14.5. The minimum Gasteiger partial charge on any atom is -0.494 e. The molecule has 0 radical (unpaired) electrons. The fraction of sp³-hybridized carbons (Fsp3) is 0.250. The van der Waals surface area contributed by atoms with Crippen LogP contribution in [0.4, 0.5) is 5.82 Å². The van der Waals surface area contributed by atoms with Crippen LogP contribution in [0, 0.1) is 11.3 Å². The van der Waals surface area contributed by atoms with Crippen molar-refractivity contribution in [1.29, 1.82) is 5.26 Å². The van der Waals surface area contributed by atoms with E-state index < -0.39 is 0 Å². The van der Waals surface area contributed by atoms with Crippen molar-refractivity contribution in [3.05, 3.63) is 65.9 Å². The Bertz CT molecular complexity index is 944. The van der Waals surface area contributed by atoms with E-state index in [0.29, 0.717) is 23.2 Å². The molecule has 0 spiro atoms. The molecule has 0 aliphatic carbocycles. The summed E-state index contributed by atoms with van der Waals surface area (Å²) in [4.78, 5) is 3.64. The highest BCUT2D eigenvalue weighted by molar-refractivity contribution is 5.53. The number of hydrogen-bond donors (Lipinski definition) is 0. The Morgan fingerprint density at radius 3 is 2.62 bits per heavy atom. The molecule has 6 heteroatoms. The lowest BCUT2D eigenvalue weighted by Gasteiger charge is -2.15. The molecule has 1 aromatic heterocycles. The van der Waals surface area contributed by atoms with Crippen molar-refractivity contribution in [2.45, 2.75) is 12.3 Å². The van der Waals surface area contributed by atoms with E-state index in [4.69, 9.17) is 4.74 Å². The second-order valence-electron chi connectivity index (χ2n) is 6.29. The normalized spacial score (nSPS) is 16.5. The molecular weight excluding hydrogens is 326 g/mol. The van der Waals surface area contributed by atoms with Crippen molar-refractivity contribution < 1.29 is 4.74 Å². The zero-order chi connectivity index (χ0) is 17.9. The predicted molar refractivity (Wildman–Crippen MR) is 98.6 cm³/mol. The molecule has 1 aliphatic rings. The fourth-order valence-corrected chi connectivity index (χ4v) is 3.44. The first-order chi connectivity index (χ1) is 12.8. The molecule has 1 saturated heterocycles. The van der Waals surface area contributed by atoms with Gasteiger partial charge >= 0.3 is 0 Å². The lowest BCUT2D eigenvalue weighted by Crippen LogP contribution is -2.20. The Labute approximate surface area is 152 Å². The SMILES string of the molecule is COc1ccccc1-n1nc(C#N)c(N2CC[C@H](c3ccccc3)C2)n1. The van der Waals surface area contributed by atoms with Gasteiger partial charge in [0.1, 0.15) is 17.5 Å². The van der Waals surface area contributed by atoms with E-state index in [-0.39, 0.29) is 0 Å². The van der Waals surface area contributed by atoms with Gasteiger partial charge in [0.15, 0.2) is 5.82 Å². The number of methoxy groups -OCH3 is 1. The summed E-state index contributed by atoms with van der Waals surface area (Å²) in [5.41, 5.74) is 2.38. The second-order valence-corrected chi connectivity index (χ2v) is 6.29. The lowest BCUT2D eigenvalue weighted by atomic mass is 9.99. The van der Waals surface area contributed by atoms with E-state index in [1.54, 1.807) is 7.11 Å². The van der Waals surface area contributed by atoms with Crippen LogP contribution in [-0.4, -0.2) is 35.2 Å². The lowest BCUT2D eigenvalue weighted by molar-refractivity contribution is 0.410. The number of rotatable bonds is 4. The van der Waals surface area contributed by atoms with E-state index >= 15 is 0 Å². The van der Waals surface area contributed by atoms with Gasteiger partial charge in [-0.1, -0.05) is 42.5 Å². The van der Waals surface area contributed by atoms with E-state index in [0.717, 1.165) is 25.2 Å². The van der Waals surface area contributed by atoms with Crippen molar-refractivity contribution in [1.82, 2.24) is 15.0 Å². The maximum absolute atomic E-state index is 9.52. The van der Waals surface area contributed by atoms with Crippen LogP contribution in [0.2, 0.25) is 0 Å². The smallest absolute Gasteiger partial charge is 0.207 e. The van der Waals surface area contributed by atoms with Crippen LogP contribution in [0.1, 0.15) is 23.6 Å². The monoisotopic (exact) mass is 345 g/mol. The molecule has 4 rings (SSSR count). The second kappa shape index (κ2) is 6.89. The summed E-state index contributed by atoms with van der Waals surface area (Å²) in [6, 6.07) is 20.2. The quantitative estimate of drug-likeness (QED) is 0.727. The molecule has 2 heterocycles. The number of nitriles is 1. The Hall–Kier alpha value is -3.33. The van der Waals surface area contributed by atoms with Crippen LogP contribution < -0.4 is 9.64 Å². The Morgan fingerprint density at radius 2 is 1.85 bits per heavy atom. The molecule has 3 aromatic rings. The minimum absolute atomic E-state index is 0.338. The first kappa shape index (κ1) is 16.2. The van der Waals surface area contributed by atoms with Gasteiger partial charge < -0.3 is 9.64 Å². The largest absolute Gasteiger partial charge is 0.494 e. The summed E-state index contributed by atoms with van der Waals surface area (Å²) >= 11 is 0. The molecule has 0 bridgehead atoms. The Kier molecular flexibility index (Phi) is 4.28. The van der Waals surface area contributed by atoms with E-state index in [2.05, 4.69) is 45.4 Å². The van der Waals surface area contributed by atoms with Gasteiger partial charge in [0.25, 0.3) is 0 Å². The van der Waals surface area contributed by atoms with Gasteiger partial charge in [-0.3, -0.25) is 0 Å². The molecule has 2 aromatic carbocycles. The zero-order valence-electron chi connectivity index (χ0n) is 14.5. The molecule has 1 fully saturated rings. The van der Waals surface area contributed by atoms with E-state index in [1.807, 2.05) is 30.3 Å². The van der Waals surface area contributed by atoms with Gasteiger partial charge in [0.05, 0.1) is 7.11 Å². The highest BCUT2D eigenvalue weighted by atomic mass is 16.5. The summed E-state index contributed by atoms with van der Waals surface area (Å²) in [6.45, 7) is 1.70. The van der Waals surface area contributed by atoms with Crippen molar-refractivity contribution in [3.8, 4) is 17.5 Å². The van der Waals surface area contributed by atoms with Crippen LogP contribution in [0.5, 0.6) is 5.75 Å². The molecule has 0 unspecified atom stereocenters. The molecule has 0 amide bonds. The van der Waals surface area contributed by atoms with E-state index in [1.165, 1.54) is 10.4 Å². The summed E-state index contributed by atoms with van der Waals surface area (Å²) in [6.07, 6.45) is 1.04. The first-order valence-corrected chi connectivity index (χ1v) is 8.61. The van der Waals surface area contributed by atoms with Crippen LogP contribution in [-0.2, 0) is 0 Å². The number of benzene rings is 2. The first-order valence-electron chi connectivity index (χ1n) is 8.61. The van der Waals surface area contributed by atoms with Crippen molar-refractivity contribution in [2.75, 3.05) is 25.1 Å². The number of nitrogens with zero attached hydrogens (tertiary/aromatic N) is 5. The highest BCUT2D eigenvalue weighted by Gasteiger charge is 2.28. The molecule has 0 saturated carbocycles. The maximum Gasteiger partial charge on any atom is 0.207 e. The van der Waals surface area contributed by atoms with Crippen molar-refractivity contribution >= 4 is 5.82 Å². The third-order valence-electron chi connectivity index (χ3n) is 4.76. The van der Waals surface area contributed by atoms with Gasteiger partial charge in [0, 0.05) is 19.0 Å². The number of para-hydroxylation sites is 2. The Balaban J connectivity index is 1.64. The van der Waals surface area contributed by atoms with Gasteiger partial charge in [-0.05, 0) is 24.1 Å². The summed E-state index contributed by atoms with van der Waals surface area (Å²) in [7, 11) is 1.61. The molecule has 1 atom stereocenters. The standard InChI is InChI=1S/C20H19N5O/c1-26-19-10-6-5-9-18(19)25-22-17(13-21)20(23-25)24-12-11-16(14-24)15-7-3-2-4-8-15/h2-10,16H,11-12,14H2,1H3/t16-/m0/s1. The van der Waals surface area contributed by atoms with Gasteiger partial charge in [0.2, 0.25) is 5.69 Å². The molecule has 1 aliphatic heterocycles. The third kappa shape index (κ3) is 2.88. The Morgan fingerprint density at radius 1 is 1.08 bits per heavy atom. The van der Waals surface area contributed by atoms with Gasteiger partial charge in [-0.2, -0.15) is 5.26 Å². The summed E-state index contributed by atoms with van der Waals surface area (Å²) < 4.78 is 5.39. The third-order valence-corrected chi connectivity index (χ3v) is 4.76. The molecule has 130 valence electrons. The maximum atomic E-state index is 9.52. The van der Waals surface area contributed by atoms with Crippen LogP contribution in [0.15, 0.2) is 54.6 Å². The average Bonchev–Trinajstić information content (AvgIpc) is 3.35. The van der Waals surface area contributed by atoms with Crippen LogP contribution in [0.3, 0.4) is 0 Å². The molecular formula is C20H19N5O. The average molecular weight is 345 g/mol. The molecule has 0 N–H and O–H groups in total. The van der Waals surface area contributed by atoms with Crippen molar-refractivity contribution in [2.24, 2.45) is 0 Å².